The second-order valence-corrected chi connectivity index (χ2v) is 19.1. The minimum atomic E-state index is -0.940. The van der Waals surface area contributed by atoms with E-state index in [2.05, 4.69) is 94.6 Å². The van der Waals surface area contributed by atoms with Crippen LogP contribution in [0.25, 0.3) is 33.3 Å². The van der Waals surface area contributed by atoms with E-state index in [4.69, 9.17) is 31.8 Å². The predicted octanol–water partition coefficient (Wildman–Crippen LogP) is 6.85. The van der Waals surface area contributed by atoms with Crippen LogP contribution in [0, 0.1) is 23.2 Å². The molecule has 5 heterocycles. The van der Waals surface area contributed by atoms with Crippen molar-refractivity contribution in [2.24, 2.45) is 30.2 Å². The third kappa shape index (κ3) is 10.7. The Bertz CT molecular complexity index is 2640. The molecule has 16 nitrogen and oxygen atoms in total. The molecule has 2 aromatic carbocycles. The number of fused-ring (bicyclic) bond motifs is 6. The van der Waals surface area contributed by atoms with Gasteiger partial charge in [-0.1, -0.05) is 69.7 Å². The number of thiol groups is 1. The maximum Gasteiger partial charge on any atom is 0.324 e. The van der Waals surface area contributed by atoms with Crippen molar-refractivity contribution >= 4 is 53.2 Å². The Hall–Kier alpha value is -6.04. The Kier molecular flexibility index (Phi) is 15.2. The van der Waals surface area contributed by atoms with Gasteiger partial charge in [-0.3, -0.25) is 39.1 Å². The van der Waals surface area contributed by atoms with E-state index in [0.717, 1.165) is 56.2 Å². The van der Waals surface area contributed by atoms with Crippen LogP contribution in [0.4, 0.5) is 5.95 Å². The van der Waals surface area contributed by atoms with Crippen LogP contribution in [0.2, 0.25) is 0 Å². The van der Waals surface area contributed by atoms with Crippen molar-refractivity contribution < 1.29 is 33.4 Å². The van der Waals surface area contributed by atoms with Crippen molar-refractivity contribution in [2.45, 2.75) is 91.3 Å². The van der Waals surface area contributed by atoms with Gasteiger partial charge in [0.05, 0.1) is 41.3 Å². The molecule has 7 rings (SSSR count). The Labute approximate surface area is 397 Å². The fraction of sp³-hybridized carbons (Fsp3) is 0.460. The molecule has 0 radical (unpaired) electrons. The summed E-state index contributed by atoms with van der Waals surface area (Å²) < 4.78 is 21.7. The number of methoxy groups -OCH3 is 1. The number of nitrogens with one attached hydrogen (secondary N) is 3. The van der Waals surface area contributed by atoms with Gasteiger partial charge >= 0.3 is 12.0 Å². The molecule has 1 saturated heterocycles. The summed E-state index contributed by atoms with van der Waals surface area (Å²) in [6.07, 6.45) is 4.54. The van der Waals surface area contributed by atoms with Gasteiger partial charge in [-0.05, 0) is 98.0 Å². The molecule has 67 heavy (non-hydrogen) atoms. The number of benzene rings is 2. The molecule has 3 aromatic heterocycles. The number of anilines is 1. The molecule has 0 aliphatic carbocycles. The van der Waals surface area contributed by atoms with Crippen LogP contribution in [0.1, 0.15) is 77.3 Å². The number of esters is 1. The number of hydrogen-bond acceptors (Lipinski definition) is 12. The topological polar surface area (TPSA) is 184 Å². The average Bonchev–Trinajstić information content (AvgIpc) is 3.82. The van der Waals surface area contributed by atoms with Gasteiger partial charge in [-0.25, -0.2) is 5.43 Å². The van der Waals surface area contributed by atoms with Crippen molar-refractivity contribution in [1.82, 2.24) is 40.1 Å². The fourth-order valence-corrected chi connectivity index (χ4v) is 9.31. The first-order valence-corrected chi connectivity index (χ1v) is 23.5. The molecule has 3 N–H and O–H groups in total. The summed E-state index contributed by atoms with van der Waals surface area (Å²) in [4.78, 5) is 59.5. The number of nitrogens with zero attached hydrogens (tertiary/aromatic N) is 6. The minimum absolute atomic E-state index is 0.0643. The van der Waals surface area contributed by atoms with Crippen molar-refractivity contribution in [1.29, 1.82) is 0 Å². The molecule has 5 atom stereocenters. The first kappa shape index (κ1) is 48.9. The third-order valence-electron chi connectivity index (χ3n) is 12.8. The molecule has 356 valence electrons. The van der Waals surface area contributed by atoms with E-state index in [1.54, 1.807) is 20.4 Å². The van der Waals surface area contributed by atoms with Crippen LogP contribution in [0.5, 0.6) is 6.01 Å². The smallest absolute Gasteiger partial charge is 0.324 e. The Morgan fingerprint density at radius 3 is 2.60 bits per heavy atom. The van der Waals surface area contributed by atoms with Gasteiger partial charge in [0, 0.05) is 55.3 Å². The number of rotatable bonds is 13. The molecule has 17 heteroatoms. The predicted molar refractivity (Wildman–Crippen MR) is 260 cm³/mol. The summed E-state index contributed by atoms with van der Waals surface area (Å²) in [5, 5.41) is 15.2. The fourth-order valence-electron chi connectivity index (χ4n) is 8.95. The third-order valence-corrected chi connectivity index (χ3v) is 13.3. The summed E-state index contributed by atoms with van der Waals surface area (Å²) in [7, 11) is 3.31. The first-order valence-electron chi connectivity index (χ1n) is 22.9. The number of carbonyl (C=O) groups is 4. The van der Waals surface area contributed by atoms with E-state index in [0.29, 0.717) is 32.4 Å². The summed E-state index contributed by atoms with van der Waals surface area (Å²) in [5.41, 5.74) is 10.6. The minimum Gasteiger partial charge on any atom is -0.464 e. The number of pyridine rings is 1. The zero-order chi connectivity index (χ0) is 48.2. The van der Waals surface area contributed by atoms with Crippen LogP contribution in [0.3, 0.4) is 0 Å². The zero-order valence-corrected chi connectivity index (χ0v) is 40.6. The molecule has 2 aliphatic heterocycles. The highest BCUT2D eigenvalue weighted by atomic mass is 32.1. The number of amides is 3. The number of aryl methyl sites for hydroxylation is 1. The number of cyclic esters (lactones) is 1. The average molecular weight is 934 g/mol. The Morgan fingerprint density at radius 1 is 1.09 bits per heavy atom. The van der Waals surface area contributed by atoms with Crippen molar-refractivity contribution in [3.8, 4) is 28.4 Å². The van der Waals surface area contributed by atoms with Crippen LogP contribution in [-0.4, -0.2) is 91.3 Å². The monoisotopic (exact) mass is 933 g/mol. The van der Waals surface area contributed by atoms with Gasteiger partial charge in [0.2, 0.25) is 23.7 Å². The number of hydrazine groups is 1. The molecule has 0 saturated carbocycles. The summed E-state index contributed by atoms with van der Waals surface area (Å²) in [6, 6.07) is 18.1. The van der Waals surface area contributed by atoms with Crippen molar-refractivity contribution in [2.75, 3.05) is 32.2 Å². The zero-order valence-electron chi connectivity index (χ0n) is 39.7. The summed E-state index contributed by atoms with van der Waals surface area (Å²) in [6.45, 7) is 16.8. The van der Waals surface area contributed by atoms with E-state index in [1.807, 2.05) is 39.0 Å². The molecule has 5 aromatic rings. The number of hydrogen-bond donors (Lipinski definition) is 4. The van der Waals surface area contributed by atoms with E-state index in [1.165, 1.54) is 9.58 Å². The van der Waals surface area contributed by atoms with Crippen molar-refractivity contribution in [3.05, 3.63) is 90.3 Å². The highest BCUT2D eigenvalue weighted by Gasteiger charge is 2.38. The highest BCUT2D eigenvalue weighted by molar-refractivity contribution is 7.81. The maximum atomic E-state index is 14.8. The number of carbonyl (C=O) groups excluding carboxylic acids is 4. The lowest BCUT2D eigenvalue weighted by Crippen LogP contribution is -2.59. The van der Waals surface area contributed by atoms with Crippen LogP contribution in [-0.2, 0) is 55.1 Å². The van der Waals surface area contributed by atoms with E-state index < -0.39 is 40.5 Å². The van der Waals surface area contributed by atoms with E-state index >= 15 is 0 Å². The summed E-state index contributed by atoms with van der Waals surface area (Å²) in [5.74, 6) is -3.14. The second-order valence-electron chi connectivity index (χ2n) is 18.6. The Morgan fingerprint density at radius 2 is 1.87 bits per heavy atom. The van der Waals surface area contributed by atoms with Gasteiger partial charge < -0.3 is 24.1 Å². The molecule has 0 unspecified atom stereocenters. The lowest BCUT2D eigenvalue weighted by atomic mass is 9.84. The second kappa shape index (κ2) is 20.9. The lowest BCUT2D eigenvalue weighted by molar-refractivity contribution is -0.155. The van der Waals surface area contributed by atoms with Crippen LogP contribution >= 0.6 is 12.6 Å². The number of aromatic nitrogens is 5. The highest BCUT2D eigenvalue weighted by Crippen LogP contribution is 2.42. The van der Waals surface area contributed by atoms with E-state index in [-0.39, 0.29) is 55.4 Å². The van der Waals surface area contributed by atoms with Crippen LogP contribution < -0.4 is 20.8 Å². The molecule has 6 bridgehead atoms. The largest absolute Gasteiger partial charge is 0.464 e. The lowest BCUT2D eigenvalue weighted by Gasteiger charge is -2.37. The first-order chi connectivity index (χ1) is 32.0. The molecule has 3 amide bonds. The van der Waals surface area contributed by atoms with E-state index in [9.17, 15) is 19.2 Å². The molecule has 0 spiro atoms. The molecular weight excluding hydrogens is 871 g/mol. The van der Waals surface area contributed by atoms with Gasteiger partial charge in [-0.15, -0.1) is 5.10 Å². The van der Waals surface area contributed by atoms with Gasteiger partial charge in [0.15, 0.2) is 0 Å². The van der Waals surface area contributed by atoms with Crippen LogP contribution in [0.15, 0.2) is 73.4 Å². The van der Waals surface area contributed by atoms with Crippen molar-refractivity contribution in [3.63, 3.8) is 0 Å². The summed E-state index contributed by atoms with van der Waals surface area (Å²) >= 11 is 4.93. The molecule has 2 aliphatic rings. The SMILES string of the molecule is C=CC(=O)Nc1nnc(OC[C@H](C(=O)N[C@H](S)[C@H]2Cc3cccc(c3)-c3ccc4c(c3)c(c(-c3cccnc3[C@H](C)OC)n4CC)CC(C)(C)COC(=O)[C@@H]3CCCN(N3)C2=O)C(C)C)n1C. The quantitative estimate of drug-likeness (QED) is 0.0419. The molecular formula is C50H63N9O7S. The standard InChI is InChI=1S/C50H63N9O7S/c1-10-41(60)52-48-54-55-49(57(48)8)65-27-38(29(3)4)44(61)53-45(67)36-24-31-15-12-16-32(23-31)33-19-20-40-35(25-33)37(43(58(40)11-2)34-17-13-21-51-42(34)30(5)64-9)26-50(6,7)28-66-47(63)39-18-14-22-59(56-39)46(36)62/h10,12-13,15-17,19-21,23,25,29-30,36,38-39,45,56,67H,1,11,14,18,22,24,26-28H2,2-9H3,(H,53,61)(H,52,54,60)/t30-,36+,38-,39-,45+/m0/s1. The molecule has 1 fully saturated rings. The Balaban J connectivity index is 1.25. The normalized spacial score (nSPS) is 19.0. The van der Waals surface area contributed by atoms with Gasteiger partial charge in [-0.2, -0.15) is 12.6 Å². The van der Waals surface area contributed by atoms with Gasteiger partial charge in [0.1, 0.15) is 12.6 Å². The number of ether oxygens (including phenoxy) is 3. The van der Waals surface area contributed by atoms with Gasteiger partial charge in [0.25, 0.3) is 0 Å². The maximum absolute atomic E-state index is 14.8.